The number of ether oxygens (including phenoxy) is 1. The third-order valence-electron chi connectivity index (χ3n) is 2.47. The van der Waals surface area contributed by atoms with Crippen molar-refractivity contribution in [3.05, 3.63) is 15.4 Å². The van der Waals surface area contributed by atoms with E-state index in [0.29, 0.717) is 18.8 Å². The molecule has 0 saturated carbocycles. The van der Waals surface area contributed by atoms with Crippen LogP contribution in [0.4, 0.5) is 0 Å². The van der Waals surface area contributed by atoms with Gasteiger partial charge in [0.1, 0.15) is 0 Å². The van der Waals surface area contributed by atoms with Gasteiger partial charge < -0.3 is 9.72 Å². The maximum Gasteiger partial charge on any atom is 0.305 e. The lowest BCUT2D eigenvalue weighted by molar-refractivity contribution is 0.175. The van der Waals surface area contributed by atoms with Gasteiger partial charge in [0, 0.05) is 25.9 Å². The minimum Gasteiger partial charge on any atom is -0.383 e. The molecule has 0 bridgehead atoms. The standard InChI is InChI=1S/C11H20N2O4S2/c1-8(2)7-13(5-6-17-4)19(15,16)10-9(3)12-11(14)18-10/h8H,5-7H2,1-4H3,(H,12,14). The van der Waals surface area contributed by atoms with Crippen LogP contribution in [0.1, 0.15) is 19.5 Å². The fourth-order valence-electron chi connectivity index (χ4n) is 1.66. The van der Waals surface area contributed by atoms with Crippen molar-refractivity contribution in [2.75, 3.05) is 26.8 Å². The van der Waals surface area contributed by atoms with Crippen molar-refractivity contribution < 1.29 is 13.2 Å². The Hall–Kier alpha value is -0.700. The molecule has 1 aromatic rings. The molecule has 1 heterocycles. The third-order valence-corrected chi connectivity index (χ3v) is 5.92. The molecule has 8 heteroatoms. The smallest absolute Gasteiger partial charge is 0.305 e. The van der Waals surface area contributed by atoms with Crippen LogP contribution < -0.4 is 4.87 Å². The summed E-state index contributed by atoms with van der Waals surface area (Å²) in [5.41, 5.74) is 0.390. The second-order valence-electron chi connectivity index (χ2n) is 4.68. The lowest BCUT2D eigenvalue weighted by atomic mass is 10.2. The average molecular weight is 308 g/mol. The van der Waals surface area contributed by atoms with Crippen LogP contribution in [0.2, 0.25) is 0 Å². The lowest BCUT2D eigenvalue weighted by Gasteiger charge is -2.23. The normalized spacial score (nSPS) is 12.5. The Morgan fingerprint density at radius 1 is 1.42 bits per heavy atom. The van der Waals surface area contributed by atoms with Crippen LogP contribution in [0.3, 0.4) is 0 Å². The number of sulfonamides is 1. The molecule has 0 fully saturated rings. The molecule has 1 aromatic heterocycles. The first-order valence-corrected chi connectivity index (χ1v) is 8.23. The van der Waals surface area contributed by atoms with Crippen LogP contribution in [0.5, 0.6) is 0 Å². The molecule has 0 aliphatic rings. The van der Waals surface area contributed by atoms with Gasteiger partial charge in [-0.1, -0.05) is 25.2 Å². The largest absolute Gasteiger partial charge is 0.383 e. The molecule has 0 aliphatic carbocycles. The summed E-state index contributed by atoms with van der Waals surface area (Å²) in [7, 11) is -2.11. The fourth-order valence-corrected chi connectivity index (χ4v) is 4.69. The predicted octanol–water partition coefficient (Wildman–Crippen LogP) is 1.04. The molecule has 0 aromatic carbocycles. The summed E-state index contributed by atoms with van der Waals surface area (Å²) in [6.45, 7) is 6.49. The second kappa shape index (κ2) is 6.65. The first-order valence-electron chi connectivity index (χ1n) is 5.97. The molecular formula is C11H20N2O4S2. The van der Waals surface area contributed by atoms with Gasteiger partial charge in [-0.25, -0.2) is 8.42 Å². The number of rotatable bonds is 7. The van der Waals surface area contributed by atoms with E-state index in [1.54, 1.807) is 6.92 Å². The van der Waals surface area contributed by atoms with Crippen molar-refractivity contribution in [3.63, 3.8) is 0 Å². The molecule has 1 rings (SSSR count). The number of nitrogens with zero attached hydrogens (tertiary/aromatic N) is 1. The Morgan fingerprint density at radius 3 is 2.47 bits per heavy atom. The Morgan fingerprint density at radius 2 is 2.05 bits per heavy atom. The van der Waals surface area contributed by atoms with E-state index in [0.717, 1.165) is 11.3 Å². The van der Waals surface area contributed by atoms with E-state index in [1.165, 1.54) is 11.4 Å². The molecule has 0 saturated heterocycles. The topological polar surface area (TPSA) is 79.5 Å². The van der Waals surface area contributed by atoms with Crippen LogP contribution in [0.25, 0.3) is 0 Å². The highest BCUT2D eigenvalue weighted by Gasteiger charge is 2.28. The van der Waals surface area contributed by atoms with E-state index in [9.17, 15) is 13.2 Å². The summed E-state index contributed by atoms with van der Waals surface area (Å²) in [4.78, 5) is 13.4. The van der Waals surface area contributed by atoms with Crippen molar-refractivity contribution >= 4 is 21.4 Å². The number of methoxy groups -OCH3 is 1. The molecule has 110 valence electrons. The summed E-state index contributed by atoms with van der Waals surface area (Å²) < 4.78 is 31.5. The van der Waals surface area contributed by atoms with E-state index in [1.807, 2.05) is 13.8 Å². The number of aromatic nitrogens is 1. The van der Waals surface area contributed by atoms with Crippen LogP contribution in [0, 0.1) is 12.8 Å². The molecule has 6 nitrogen and oxygen atoms in total. The number of hydrogen-bond acceptors (Lipinski definition) is 5. The average Bonchev–Trinajstić information content (AvgIpc) is 2.63. The molecular weight excluding hydrogens is 288 g/mol. The molecule has 19 heavy (non-hydrogen) atoms. The summed E-state index contributed by atoms with van der Waals surface area (Å²) in [6, 6.07) is 0. The third kappa shape index (κ3) is 4.13. The minimum atomic E-state index is -3.64. The van der Waals surface area contributed by atoms with Crippen molar-refractivity contribution in [2.24, 2.45) is 5.92 Å². The van der Waals surface area contributed by atoms with Crippen LogP contribution in [-0.2, 0) is 14.8 Å². The summed E-state index contributed by atoms with van der Waals surface area (Å²) in [5, 5.41) is 0. The maximum atomic E-state index is 12.5. The summed E-state index contributed by atoms with van der Waals surface area (Å²) in [5.74, 6) is 0.197. The van der Waals surface area contributed by atoms with Crippen molar-refractivity contribution in [1.29, 1.82) is 0 Å². The second-order valence-corrected chi connectivity index (χ2v) is 7.79. The highest BCUT2D eigenvalue weighted by atomic mass is 32.2. The molecule has 0 unspecified atom stereocenters. The Kier molecular flexibility index (Phi) is 5.72. The maximum absolute atomic E-state index is 12.5. The molecule has 0 amide bonds. The molecule has 0 spiro atoms. The van der Waals surface area contributed by atoms with E-state index in [4.69, 9.17) is 4.74 Å². The van der Waals surface area contributed by atoms with Gasteiger partial charge in [-0.3, -0.25) is 4.79 Å². The van der Waals surface area contributed by atoms with Crippen molar-refractivity contribution in [3.8, 4) is 0 Å². The first kappa shape index (κ1) is 16.4. The van der Waals surface area contributed by atoms with Gasteiger partial charge >= 0.3 is 4.87 Å². The van der Waals surface area contributed by atoms with Crippen LogP contribution in [0.15, 0.2) is 9.00 Å². The summed E-state index contributed by atoms with van der Waals surface area (Å²) in [6.07, 6.45) is 0. The van der Waals surface area contributed by atoms with Gasteiger partial charge in [0.05, 0.1) is 6.61 Å². The number of thiazole rings is 1. The van der Waals surface area contributed by atoms with Gasteiger partial charge in [0.25, 0.3) is 10.0 Å². The zero-order valence-corrected chi connectivity index (χ0v) is 13.2. The van der Waals surface area contributed by atoms with Crippen molar-refractivity contribution in [1.82, 2.24) is 9.29 Å². The number of aromatic amines is 1. The Labute approximate surface area is 117 Å². The highest BCUT2D eigenvalue weighted by Crippen LogP contribution is 2.21. The molecule has 1 N–H and O–H groups in total. The number of H-pyrrole nitrogens is 1. The number of nitrogens with one attached hydrogen (secondary N) is 1. The zero-order valence-electron chi connectivity index (χ0n) is 11.6. The minimum absolute atomic E-state index is 0.0919. The highest BCUT2D eigenvalue weighted by molar-refractivity contribution is 7.91. The van der Waals surface area contributed by atoms with Gasteiger partial charge in [0.2, 0.25) is 0 Å². The SMILES string of the molecule is COCCN(CC(C)C)S(=O)(=O)c1sc(=O)[nH]c1C. The number of aryl methyl sites for hydroxylation is 1. The monoisotopic (exact) mass is 308 g/mol. The van der Waals surface area contributed by atoms with Gasteiger partial charge in [-0.2, -0.15) is 4.31 Å². The van der Waals surface area contributed by atoms with Gasteiger partial charge in [-0.05, 0) is 12.8 Å². The van der Waals surface area contributed by atoms with E-state index in [2.05, 4.69) is 4.98 Å². The molecule has 0 aliphatic heterocycles. The number of hydrogen-bond donors (Lipinski definition) is 1. The van der Waals surface area contributed by atoms with E-state index in [-0.39, 0.29) is 21.5 Å². The predicted molar refractivity (Wildman–Crippen MR) is 75.1 cm³/mol. The van der Waals surface area contributed by atoms with Gasteiger partial charge in [-0.15, -0.1) is 0 Å². The quantitative estimate of drug-likeness (QED) is 0.816. The van der Waals surface area contributed by atoms with E-state index < -0.39 is 10.0 Å². The zero-order chi connectivity index (χ0) is 14.6. The van der Waals surface area contributed by atoms with Gasteiger partial charge in [0.15, 0.2) is 4.21 Å². The molecule has 0 radical (unpaired) electrons. The van der Waals surface area contributed by atoms with Crippen molar-refractivity contribution in [2.45, 2.75) is 25.0 Å². The Balaban J connectivity index is 3.11. The summed E-state index contributed by atoms with van der Waals surface area (Å²) >= 11 is 0.729. The fraction of sp³-hybridized carbons (Fsp3) is 0.727. The lowest BCUT2D eigenvalue weighted by Crippen LogP contribution is -2.36. The molecule has 0 atom stereocenters. The van der Waals surface area contributed by atoms with Crippen LogP contribution in [-0.4, -0.2) is 44.5 Å². The van der Waals surface area contributed by atoms with Crippen LogP contribution >= 0.6 is 11.3 Å². The first-order chi connectivity index (χ1) is 8.78. The Bertz CT molecular complexity index is 559. The van der Waals surface area contributed by atoms with E-state index >= 15 is 0 Å².